The van der Waals surface area contributed by atoms with Gasteiger partial charge in [0, 0.05) is 14.5 Å². The van der Waals surface area contributed by atoms with Crippen LogP contribution in [0.25, 0.3) is 0 Å². The summed E-state index contributed by atoms with van der Waals surface area (Å²) < 4.78 is 4.26. The number of ether oxygens (including phenoxy) is 1. The third kappa shape index (κ3) is 3.98. The van der Waals surface area contributed by atoms with Crippen LogP contribution in [0, 0.1) is 0 Å². The number of hydrogen-bond donors (Lipinski definition) is 1. The maximum Gasteiger partial charge on any atom is 0.356 e. The summed E-state index contributed by atoms with van der Waals surface area (Å²) in [6.07, 6.45) is 3.35. The van der Waals surface area contributed by atoms with Gasteiger partial charge in [0.05, 0.1) is 6.61 Å². The summed E-state index contributed by atoms with van der Waals surface area (Å²) in [5.41, 5.74) is 2.47. The molecule has 0 amide bonds. The van der Waals surface area contributed by atoms with Crippen LogP contribution in [0.1, 0.15) is 53.7 Å². The molecule has 7 heteroatoms. The third-order valence-electron chi connectivity index (χ3n) is 5.05. The Morgan fingerprint density at radius 1 is 1.38 bits per heavy atom. The molecule has 3 rings (SSSR count). The maximum atomic E-state index is 12.2. The summed E-state index contributed by atoms with van der Waals surface area (Å²) in [4.78, 5) is 28.9. The van der Waals surface area contributed by atoms with E-state index in [4.69, 9.17) is 4.74 Å². The lowest BCUT2D eigenvalue weighted by molar-refractivity contribution is -0.139. The number of aromatic nitrogens is 1. The number of carbonyl (C=O) groups is 2. The molecule has 0 bridgehead atoms. The van der Waals surface area contributed by atoms with E-state index in [1.165, 1.54) is 11.8 Å². The highest BCUT2D eigenvalue weighted by molar-refractivity contribution is 8.01. The molecule has 26 heavy (non-hydrogen) atoms. The second-order valence-electron chi connectivity index (χ2n) is 8.51. The van der Waals surface area contributed by atoms with Gasteiger partial charge in [-0.15, -0.1) is 0 Å². The van der Waals surface area contributed by atoms with E-state index in [1.54, 1.807) is 6.92 Å². The average molecular weight is 394 g/mol. The molecule has 1 unspecified atom stereocenters. The molecule has 1 atom stereocenters. The molecular formula is C19H27NO4SSi. The number of carboxylic acid groups (broad SMARTS) is 1. The lowest BCUT2D eigenvalue weighted by Crippen LogP contribution is -2.37. The number of pyridine rings is 1. The van der Waals surface area contributed by atoms with Crippen LogP contribution in [0.2, 0.25) is 25.7 Å². The molecule has 0 spiro atoms. The zero-order valence-corrected chi connectivity index (χ0v) is 17.7. The SMILES string of the molecule is CCOC(=O)c1cc(C2CC2)c2c(n1)SC(CC[Si](C)(C)C)(C(=O)O)C2. The van der Waals surface area contributed by atoms with E-state index in [0.717, 1.165) is 35.0 Å². The fourth-order valence-electron chi connectivity index (χ4n) is 3.35. The van der Waals surface area contributed by atoms with Crippen molar-refractivity contribution in [2.24, 2.45) is 0 Å². The molecule has 1 fully saturated rings. The maximum absolute atomic E-state index is 12.2. The van der Waals surface area contributed by atoms with E-state index < -0.39 is 24.8 Å². The standard InChI is InChI=1S/C19H27NO4SSi/c1-5-24-17(21)15-10-13(12-6-7-12)14-11-19(18(22)23,25-16(14)20-15)8-9-26(2,3)4/h10,12H,5-9,11H2,1-4H3,(H,22,23). The van der Waals surface area contributed by atoms with Crippen LogP contribution in [-0.2, 0) is 16.0 Å². The zero-order valence-electron chi connectivity index (χ0n) is 15.9. The van der Waals surface area contributed by atoms with Gasteiger partial charge < -0.3 is 9.84 Å². The smallest absolute Gasteiger partial charge is 0.356 e. The average Bonchev–Trinajstić information content (AvgIpc) is 3.31. The molecule has 5 nitrogen and oxygen atoms in total. The molecule has 1 aliphatic carbocycles. The minimum absolute atomic E-state index is 0.304. The van der Waals surface area contributed by atoms with Gasteiger partial charge in [-0.1, -0.05) is 37.4 Å². The van der Waals surface area contributed by atoms with Crippen molar-refractivity contribution >= 4 is 31.8 Å². The summed E-state index contributed by atoms with van der Waals surface area (Å²) in [5.74, 6) is -0.756. The van der Waals surface area contributed by atoms with Crippen LogP contribution in [0.4, 0.5) is 0 Å². The number of carboxylic acids is 1. The Bertz CT molecular complexity index is 742. The van der Waals surface area contributed by atoms with E-state index >= 15 is 0 Å². The molecule has 1 N–H and O–H groups in total. The number of esters is 1. The molecule has 0 saturated heterocycles. The molecular weight excluding hydrogens is 366 g/mol. The number of hydrogen-bond acceptors (Lipinski definition) is 5. The Morgan fingerprint density at radius 2 is 2.08 bits per heavy atom. The highest BCUT2D eigenvalue weighted by atomic mass is 32.2. The van der Waals surface area contributed by atoms with E-state index in [0.29, 0.717) is 31.1 Å². The number of rotatable bonds is 7. The van der Waals surface area contributed by atoms with Gasteiger partial charge in [0.1, 0.15) is 15.5 Å². The van der Waals surface area contributed by atoms with Crippen molar-refractivity contribution in [3.05, 3.63) is 22.9 Å². The van der Waals surface area contributed by atoms with Gasteiger partial charge in [-0.2, -0.15) is 0 Å². The van der Waals surface area contributed by atoms with Gasteiger partial charge in [0.15, 0.2) is 0 Å². The van der Waals surface area contributed by atoms with Crippen molar-refractivity contribution in [2.45, 2.75) is 74.0 Å². The fourth-order valence-corrected chi connectivity index (χ4v) is 6.04. The molecule has 2 heterocycles. The highest BCUT2D eigenvalue weighted by Crippen LogP contribution is 2.53. The first-order valence-electron chi connectivity index (χ1n) is 9.28. The quantitative estimate of drug-likeness (QED) is 0.549. The Morgan fingerprint density at radius 3 is 2.62 bits per heavy atom. The molecule has 0 aromatic carbocycles. The van der Waals surface area contributed by atoms with Crippen LogP contribution in [0.3, 0.4) is 0 Å². The monoisotopic (exact) mass is 393 g/mol. The van der Waals surface area contributed by atoms with E-state index in [2.05, 4.69) is 24.6 Å². The normalized spacial score (nSPS) is 22.2. The van der Waals surface area contributed by atoms with E-state index in [9.17, 15) is 14.7 Å². The third-order valence-corrected chi connectivity index (χ3v) is 8.24. The van der Waals surface area contributed by atoms with Gasteiger partial charge >= 0.3 is 11.9 Å². The largest absolute Gasteiger partial charge is 0.480 e. The Hall–Kier alpha value is -1.34. The predicted octanol–water partition coefficient (Wildman–Crippen LogP) is 4.34. The summed E-state index contributed by atoms with van der Waals surface area (Å²) in [6.45, 7) is 8.87. The van der Waals surface area contributed by atoms with Gasteiger partial charge in [-0.05, 0) is 49.3 Å². The molecule has 1 aromatic heterocycles. The van der Waals surface area contributed by atoms with Crippen molar-refractivity contribution in [3.8, 4) is 0 Å². The molecule has 0 radical (unpaired) electrons. The van der Waals surface area contributed by atoms with Crippen LogP contribution >= 0.6 is 11.8 Å². The minimum atomic E-state index is -1.35. The van der Waals surface area contributed by atoms with Crippen molar-refractivity contribution < 1.29 is 19.4 Å². The molecule has 2 aliphatic rings. The first-order chi connectivity index (χ1) is 12.1. The van der Waals surface area contributed by atoms with Crippen LogP contribution < -0.4 is 0 Å². The number of thioether (sulfide) groups is 1. The van der Waals surface area contributed by atoms with Crippen LogP contribution in [0.15, 0.2) is 11.1 Å². The van der Waals surface area contributed by atoms with Crippen molar-refractivity contribution in [3.63, 3.8) is 0 Å². The minimum Gasteiger partial charge on any atom is -0.480 e. The number of aliphatic carboxylic acids is 1. The Balaban J connectivity index is 1.96. The van der Waals surface area contributed by atoms with E-state index in [-0.39, 0.29) is 0 Å². The van der Waals surface area contributed by atoms with Crippen molar-refractivity contribution in [2.75, 3.05) is 6.61 Å². The molecule has 1 aliphatic heterocycles. The first-order valence-corrected chi connectivity index (χ1v) is 13.8. The Labute approximate surface area is 159 Å². The van der Waals surface area contributed by atoms with Crippen molar-refractivity contribution in [1.29, 1.82) is 0 Å². The van der Waals surface area contributed by atoms with E-state index in [1.807, 2.05) is 6.07 Å². The second kappa shape index (κ2) is 7.00. The van der Waals surface area contributed by atoms with Gasteiger partial charge in [-0.3, -0.25) is 4.79 Å². The lowest BCUT2D eigenvalue weighted by atomic mass is 9.92. The van der Waals surface area contributed by atoms with Crippen LogP contribution in [0.5, 0.6) is 0 Å². The van der Waals surface area contributed by atoms with Gasteiger partial charge in [-0.25, -0.2) is 9.78 Å². The summed E-state index contributed by atoms with van der Waals surface area (Å²) in [5, 5.41) is 10.7. The van der Waals surface area contributed by atoms with Gasteiger partial charge in [0.2, 0.25) is 0 Å². The Kier molecular flexibility index (Phi) is 5.23. The molecule has 1 aromatic rings. The second-order valence-corrected chi connectivity index (χ2v) is 15.5. The topological polar surface area (TPSA) is 76.5 Å². The fraction of sp³-hybridized carbons (Fsp3) is 0.632. The lowest BCUT2D eigenvalue weighted by Gasteiger charge is -2.26. The molecule has 1 saturated carbocycles. The summed E-state index contributed by atoms with van der Waals surface area (Å²) in [7, 11) is -1.35. The van der Waals surface area contributed by atoms with Gasteiger partial charge in [0.25, 0.3) is 0 Å². The number of nitrogens with zero attached hydrogens (tertiary/aromatic N) is 1. The zero-order chi connectivity index (χ0) is 19.1. The number of fused-ring (bicyclic) bond motifs is 1. The predicted molar refractivity (Wildman–Crippen MR) is 105 cm³/mol. The summed E-state index contributed by atoms with van der Waals surface area (Å²) >= 11 is 1.35. The first kappa shape index (κ1) is 19.4. The van der Waals surface area contributed by atoms with Crippen LogP contribution in [-0.4, -0.2) is 41.5 Å². The highest BCUT2D eigenvalue weighted by Gasteiger charge is 2.48. The molecule has 142 valence electrons. The number of carbonyl (C=O) groups excluding carboxylic acids is 1. The summed E-state index contributed by atoms with van der Waals surface area (Å²) in [6, 6.07) is 2.80. The van der Waals surface area contributed by atoms with Crippen molar-refractivity contribution in [1.82, 2.24) is 4.98 Å².